The van der Waals surface area contributed by atoms with Gasteiger partial charge in [-0.2, -0.15) is 0 Å². The van der Waals surface area contributed by atoms with Gasteiger partial charge in [0.25, 0.3) is 5.56 Å². The van der Waals surface area contributed by atoms with Crippen LogP contribution in [0.3, 0.4) is 0 Å². The number of hydrogen-bond acceptors (Lipinski definition) is 5. The summed E-state index contributed by atoms with van der Waals surface area (Å²) in [5.74, 6) is 1.55. The standard InChI is InChI=1S/C21H22ClN5O2S/c1-13(2)12-26-20(29)19-16(10-11-30-19)27-17(24-25-21(26)27)4-3-5-18(28)23-15-8-6-14(22)7-9-15/h6-11,13H,3-5,12H2,1-2H3,(H,23,28). The summed E-state index contributed by atoms with van der Waals surface area (Å²) in [5.41, 5.74) is 1.52. The number of nitrogens with zero attached hydrogens (tertiary/aromatic N) is 4. The van der Waals surface area contributed by atoms with Crippen LogP contribution in [0.1, 0.15) is 32.5 Å². The summed E-state index contributed by atoms with van der Waals surface area (Å²) in [5, 5.41) is 14.0. The van der Waals surface area contributed by atoms with Gasteiger partial charge in [0.05, 0.1) is 5.52 Å². The quantitative estimate of drug-likeness (QED) is 0.459. The van der Waals surface area contributed by atoms with Crippen molar-refractivity contribution in [2.24, 2.45) is 5.92 Å². The van der Waals surface area contributed by atoms with Crippen molar-refractivity contribution >= 4 is 50.5 Å². The number of aromatic nitrogens is 4. The van der Waals surface area contributed by atoms with Gasteiger partial charge in [-0.05, 0) is 48.1 Å². The first kappa shape index (κ1) is 20.6. The Bertz CT molecular complexity index is 1260. The fraction of sp³-hybridized carbons (Fsp3) is 0.333. The Kier molecular flexibility index (Phi) is 5.87. The largest absolute Gasteiger partial charge is 0.326 e. The number of halogens is 1. The molecule has 0 bridgehead atoms. The first-order chi connectivity index (χ1) is 14.4. The first-order valence-electron chi connectivity index (χ1n) is 9.83. The molecule has 0 fully saturated rings. The molecule has 0 radical (unpaired) electrons. The lowest BCUT2D eigenvalue weighted by Gasteiger charge is -2.11. The van der Waals surface area contributed by atoms with Gasteiger partial charge < -0.3 is 5.32 Å². The van der Waals surface area contributed by atoms with Crippen LogP contribution >= 0.6 is 22.9 Å². The van der Waals surface area contributed by atoms with Crippen molar-refractivity contribution in [2.45, 2.75) is 39.7 Å². The number of carbonyl (C=O) groups is 1. The van der Waals surface area contributed by atoms with E-state index in [4.69, 9.17) is 11.6 Å². The second-order valence-electron chi connectivity index (χ2n) is 7.60. The van der Waals surface area contributed by atoms with E-state index in [0.717, 1.165) is 17.0 Å². The van der Waals surface area contributed by atoms with Crippen LogP contribution in [0.2, 0.25) is 5.02 Å². The van der Waals surface area contributed by atoms with Crippen molar-refractivity contribution in [1.29, 1.82) is 0 Å². The van der Waals surface area contributed by atoms with E-state index in [1.165, 1.54) is 11.3 Å². The number of thiophene rings is 1. The molecule has 9 heteroatoms. The molecule has 1 N–H and O–H groups in total. The van der Waals surface area contributed by atoms with E-state index in [2.05, 4.69) is 29.4 Å². The van der Waals surface area contributed by atoms with Crippen molar-refractivity contribution in [3.05, 3.63) is 56.9 Å². The molecule has 0 atom stereocenters. The number of benzene rings is 1. The average molecular weight is 444 g/mol. The summed E-state index contributed by atoms with van der Waals surface area (Å²) in [4.78, 5) is 25.1. The molecule has 30 heavy (non-hydrogen) atoms. The average Bonchev–Trinajstić information content (AvgIpc) is 3.34. The summed E-state index contributed by atoms with van der Waals surface area (Å²) >= 11 is 7.30. The molecule has 7 nitrogen and oxygen atoms in total. The molecular formula is C21H22ClN5O2S. The van der Waals surface area contributed by atoms with E-state index in [-0.39, 0.29) is 11.5 Å². The van der Waals surface area contributed by atoms with Crippen molar-refractivity contribution < 1.29 is 4.79 Å². The maximum atomic E-state index is 12.9. The summed E-state index contributed by atoms with van der Waals surface area (Å²) in [6.07, 6.45) is 1.56. The molecule has 0 unspecified atom stereocenters. The zero-order valence-corrected chi connectivity index (χ0v) is 18.3. The van der Waals surface area contributed by atoms with E-state index >= 15 is 0 Å². The van der Waals surface area contributed by atoms with Gasteiger partial charge in [0.1, 0.15) is 10.5 Å². The number of nitrogens with one attached hydrogen (secondary N) is 1. The van der Waals surface area contributed by atoms with Gasteiger partial charge in [0, 0.05) is 30.1 Å². The normalized spacial score (nSPS) is 11.6. The van der Waals surface area contributed by atoms with Gasteiger partial charge in [-0.25, -0.2) is 0 Å². The highest BCUT2D eigenvalue weighted by Gasteiger charge is 2.18. The molecule has 0 spiro atoms. The molecule has 4 aromatic rings. The number of hydrogen-bond donors (Lipinski definition) is 1. The predicted molar refractivity (Wildman–Crippen MR) is 120 cm³/mol. The van der Waals surface area contributed by atoms with Gasteiger partial charge >= 0.3 is 0 Å². The molecule has 156 valence electrons. The molecule has 4 rings (SSSR count). The Hall–Kier alpha value is -2.71. The molecule has 1 amide bonds. The van der Waals surface area contributed by atoms with Crippen LogP contribution in [0.4, 0.5) is 5.69 Å². The molecule has 0 aliphatic carbocycles. The smallest absolute Gasteiger partial charge is 0.272 e. The van der Waals surface area contributed by atoms with Crippen LogP contribution in [-0.4, -0.2) is 25.1 Å². The highest BCUT2D eigenvalue weighted by atomic mass is 35.5. The first-order valence-corrected chi connectivity index (χ1v) is 11.1. The van der Waals surface area contributed by atoms with E-state index in [1.807, 2.05) is 15.8 Å². The number of rotatable bonds is 7. The van der Waals surface area contributed by atoms with Crippen LogP contribution in [0.5, 0.6) is 0 Å². The number of anilines is 1. The minimum atomic E-state index is -0.0662. The Morgan fingerprint density at radius 3 is 2.70 bits per heavy atom. The minimum absolute atomic E-state index is 0.0255. The van der Waals surface area contributed by atoms with Crippen LogP contribution in [0.15, 0.2) is 40.5 Å². The number of carbonyl (C=O) groups excluding carboxylic acids is 1. The Labute approximate surface area is 182 Å². The van der Waals surface area contributed by atoms with Gasteiger partial charge in [0.2, 0.25) is 11.7 Å². The third-order valence-corrected chi connectivity index (χ3v) is 5.90. The predicted octanol–water partition coefficient (Wildman–Crippen LogP) is 4.38. The molecule has 3 heterocycles. The third kappa shape index (κ3) is 4.11. The van der Waals surface area contributed by atoms with E-state index in [0.29, 0.717) is 47.2 Å². The van der Waals surface area contributed by atoms with Crippen LogP contribution in [0, 0.1) is 5.92 Å². The Morgan fingerprint density at radius 2 is 1.97 bits per heavy atom. The highest BCUT2D eigenvalue weighted by Crippen LogP contribution is 2.21. The summed E-state index contributed by atoms with van der Waals surface area (Å²) in [6, 6.07) is 8.94. The van der Waals surface area contributed by atoms with Crippen LogP contribution in [0.25, 0.3) is 16.0 Å². The lowest BCUT2D eigenvalue weighted by molar-refractivity contribution is -0.116. The Balaban J connectivity index is 1.53. The van der Waals surface area contributed by atoms with Crippen molar-refractivity contribution in [3.63, 3.8) is 0 Å². The summed E-state index contributed by atoms with van der Waals surface area (Å²) < 4.78 is 4.35. The maximum absolute atomic E-state index is 12.9. The summed E-state index contributed by atoms with van der Waals surface area (Å²) in [7, 11) is 0. The SMILES string of the molecule is CC(C)Cn1c(=O)c2sccc2n2c(CCCC(=O)Nc3ccc(Cl)cc3)nnc12. The third-order valence-electron chi connectivity index (χ3n) is 4.76. The lowest BCUT2D eigenvalue weighted by atomic mass is 10.2. The maximum Gasteiger partial charge on any atom is 0.272 e. The van der Waals surface area contributed by atoms with Crippen molar-refractivity contribution in [3.8, 4) is 0 Å². The van der Waals surface area contributed by atoms with Crippen molar-refractivity contribution in [1.82, 2.24) is 19.2 Å². The van der Waals surface area contributed by atoms with Gasteiger partial charge in [-0.3, -0.25) is 18.6 Å². The van der Waals surface area contributed by atoms with Crippen LogP contribution < -0.4 is 10.9 Å². The number of amides is 1. The second-order valence-corrected chi connectivity index (χ2v) is 8.96. The number of aryl methyl sites for hydroxylation is 1. The fourth-order valence-corrected chi connectivity index (χ4v) is 4.39. The van der Waals surface area contributed by atoms with E-state index in [1.54, 1.807) is 28.8 Å². The molecule has 1 aromatic carbocycles. The lowest BCUT2D eigenvalue weighted by Crippen LogP contribution is -2.24. The van der Waals surface area contributed by atoms with Crippen LogP contribution in [-0.2, 0) is 17.8 Å². The molecule has 3 aromatic heterocycles. The molecule has 0 aliphatic rings. The van der Waals surface area contributed by atoms with Gasteiger partial charge in [-0.1, -0.05) is 25.4 Å². The molecule has 0 saturated heterocycles. The fourth-order valence-electron chi connectivity index (χ4n) is 3.44. The minimum Gasteiger partial charge on any atom is -0.326 e. The second kappa shape index (κ2) is 8.57. The highest BCUT2D eigenvalue weighted by molar-refractivity contribution is 7.17. The molecule has 0 saturated carbocycles. The number of fused-ring (bicyclic) bond motifs is 3. The van der Waals surface area contributed by atoms with Gasteiger partial charge in [0.15, 0.2) is 0 Å². The monoisotopic (exact) mass is 443 g/mol. The zero-order valence-electron chi connectivity index (χ0n) is 16.8. The summed E-state index contributed by atoms with van der Waals surface area (Å²) in [6.45, 7) is 4.72. The van der Waals surface area contributed by atoms with Gasteiger partial charge in [-0.15, -0.1) is 21.5 Å². The van der Waals surface area contributed by atoms with Crippen molar-refractivity contribution in [2.75, 3.05) is 5.32 Å². The molecular weight excluding hydrogens is 422 g/mol. The Morgan fingerprint density at radius 1 is 1.20 bits per heavy atom. The van der Waals surface area contributed by atoms with E-state index < -0.39 is 0 Å². The topological polar surface area (TPSA) is 81.3 Å². The van der Waals surface area contributed by atoms with E-state index in [9.17, 15) is 9.59 Å². The molecule has 0 aliphatic heterocycles. The zero-order chi connectivity index (χ0) is 21.3.